The van der Waals surface area contributed by atoms with Crippen molar-refractivity contribution in [3.05, 3.63) is 77.0 Å². The highest BCUT2D eigenvalue weighted by Crippen LogP contribution is 2.49. The molecule has 0 unspecified atom stereocenters. The Morgan fingerprint density at radius 1 is 0.977 bits per heavy atom. The third-order valence-corrected chi connectivity index (χ3v) is 9.91. The third kappa shape index (κ3) is 6.75. The maximum atomic E-state index is 12.2. The monoisotopic (exact) mass is 647 g/mol. The lowest BCUT2D eigenvalue weighted by molar-refractivity contribution is -0.437. The number of carbonyl (C=O) groups is 1. The van der Waals surface area contributed by atoms with Crippen LogP contribution in [0, 0.1) is 0 Å². The zero-order chi connectivity index (χ0) is 32.7. The number of carboxylic acids is 1. The second-order valence-corrected chi connectivity index (χ2v) is 15.2. The van der Waals surface area contributed by atoms with E-state index in [1.807, 2.05) is 59.8 Å². The van der Waals surface area contributed by atoms with Crippen molar-refractivity contribution < 1.29 is 45.2 Å². The molecular formula is C31H39N2O9S2+. The fourth-order valence-electron chi connectivity index (χ4n) is 6.31. The summed E-state index contributed by atoms with van der Waals surface area (Å²) in [7, 11) is -6.75. The average molecular weight is 648 g/mol. The number of ether oxygens (including phenoxy) is 1. The lowest BCUT2D eigenvalue weighted by Gasteiger charge is -2.27. The van der Waals surface area contributed by atoms with Gasteiger partial charge in [-0.3, -0.25) is 9.11 Å². The summed E-state index contributed by atoms with van der Waals surface area (Å²) in [5, 5.41) is 9.95. The molecule has 0 saturated heterocycles. The van der Waals surface area contributed by atoms with Crippen molar-refractivity contribution in [1.29, 1.82) is 0 Å². The number of allylic oxidation sites excluding steroid dienone is 4. The van der Waals surface area contributed by atoms with E-state index in [9.17, 15) is 35.8 Å². The average Bonchev–Trinajstić information content (AvgIpc) is 3.26. The number of carboxylic acid groups (broad SMARTS) is 1. The van der Waals surface area contributed by atoms with Gasteiger partial charge in [0.1, 0.15) is 12.3 Å². The van der Waals surface area contributed by atoms with E-state index in [1.54, 1.807) is 25.3 Å². The first-order valence-electron chi connectivity index (χ1n) is 14.2. The molecule has 0 aliphatic carbocycles. The number of fused-ring (bicyclic) bond motifs is 2. The first-order valence-corrected chi connectivity index (χ1v) is 17.4. The number of hydrogen-bond acceptors (Lipinski definition) is 7. The number of aromatic carboxylic acids is 1. The molecule has 238 valence electrons. The summed E-state index contributed by atoms with van der Waals surface area (Å²) >= 11 is 0. The second-order valence-electron chi connectivity index (χ2n) is 12.0. The van der Waals surface area contributed by atoms with Crippen LogP contribution in [0.5, 0.6) is 5.75 Å². The fourth-order valence-corrected chi connectivity index (χ4v) is 7.30. The van der Waals surface area contributed by atoms with Gasteiger partial charge in [0.15, 0.2) is 5.71 Å². The van der Waals surface area contributed by atoms with E-state index in [0.29, 0.717) is 23.5 Å². The largest absolute Gasteiger partial charge is 0.497 e. The van der Waals surface area contributed by atoms with Crippen LogP contribution >= 0.6 is 0 Å². The van der Waals surface area contributed by atoms with Crippen LogP contribution in [0.2, 0.25) is 0 Å². The molecule has 2 aromatic rings. The minimum atomic E-state index is -4.18. The van der Waals surface area contributed by atoms with Crippen LogP contribution in [-0.4, -0.2) is 79.0 Å². The van der Waals surface area contributed by atoms with Gasteiger partial charge in [-0.25, -0.2) is 4.79 Å². The second kappa shape index (κ2) is 12.1. The van der Waals surface area contributed by atoms with Crippen LogP contribution in [0.3, 0.4) is 0 Å². The van der Waals surface area contributed by atoms with E-state index in [-0.39, 0.29) is 30.7 Å². The fraction of sp³-hybridized carbons (Fsp3) is 0.419. The van der Waals surface area contributed by atoms with E-state index >= 15 is 0 Å². The SMILES string of the molecule is COc1ccc2c(c1)[N+](CCCS(=O)(=O)O)=C(/C=C/C=C1/N(CCCS(=O)(=O)O)c3cccc(C(=O)O)c3C1(C)C)C2(C)C. The number of benzene rings is 2. The van der Waals surface area contributed by atoms with E-state index in [2.05, 4.69) is 13.8 Å². The van der Waals surface area contributed by atoms with Gasteiger partial charge in [0.2, 0.25) is 5.69 Å². The van der Waals surface area contributed by atoms with Crippen molar-refractivity contribution in [2.75, 3.05) is 36.6 Å². The molecule has 0 radical (unpaired) electrons. The van der Waals surface area contributed by atoms with Gasteiger partial charge >= 0.3 is 5.97 Å². The van der Waals surface area contributed by atoms with Crippen molar-refractivity contribution >= 4 is 43.3 Å². The molecule has 0 amide bonds. The third-order valence-electron chi connectivity index (χ3n) is 8.30. The van der Waals surface area contributed by atoms with Crippen LogP contribution in [0.15, 0.2) is 60.3 Å². The zero-order valence-corrected chi connectivity index (χ0v) is 27.1. The summed E-state index contributed by atoms with van der Waals surface area (Å²) in [5.41, 5.74) is 3.70. The van der Waals surface area contributed by atoms with Gasteiger partial charge in [-0.1, -0.05) is 26.0 Å². The Balaban J connectivity index is 1.80. The molecule has 4 rings (SSSR count). The Morgan fingerprint density at radius 2 is 1.64 bits per heavy atom. The Morgan fingerprint density at radius 3 is 2.25 bits per heavy atom. The van der Waals surface area contributed by atoms with E-state index in [0.717, 1.165) is 22.7 Å². The summed E-state index contributed by atoms with van der Waals surface area (Å²) in [4.78, 5) is 14.1. The van der Waals surface area contributed by atoms with Crippen LogP contribution in [0.25, 0.3) is 0 Å². The lowest BCUT2D eigenvalue weighted by Crippen LogP contribution is -2.29. The minimum Gasteiger partial charge on any atom is -0.497 e. The Bertz CT molecular complexity index is 1790. The molecule has 2 heterocycles. The van der Waals surface area contributed by atoms with Crippen molar-refractivity contribution in [3.63, 3.8) is 0 Å². The maximum Gasteiger partial charge on any atom is 0.336 e. The summed E-state index contributed by atoms with van der Waals surface area (Å²) in [5.74, 6) is -1.25. The number of anilines is 1. The molecule has 13 heteroatoms. The standard InChI is InChI=1S/C31H38N2O9S2/c1-30(2)23-15-14-21(42-5)20-25(23)33(17-9-19-44(39,40)41)26(30)12-7-13-27-31(3,4)28-22(29(34)35)10-6-11-24(28)32(27)16-8-18-43(36,37)38/h6-7,10-15,20H,8-9,16-19H2,1-5H3,(H2-,34,35,36,37,38,39,40,41)/p+1. The number of methoxy groups -OCH3 is 1. The first kappa shape index (κ1) is 33.4. The molecule has 0 fully saturated rings. The van der Waals surface area contributed by atoms with Crippen molar-refractivity contribution in [3.8, 4) is 5.75 Å². The van der Waals surface area contributed by atoms with Crippen LogP contribution in [0.4, 0.5) is 11.4 Å². The van der Waals surface area contributed by atoms with Crippen molar-refractivity contribution in [2.24, 2.45) is 0 Å². The highest BCUT2D eigenvalue weighted by Gasteiger charge is 2.45. The number of hydrogen-bond donors (Lipinski definition) is 3. The van der Waals surface area contributed by atoms with E-state index in [1.165, 1.54) is 0 Å². The highest BCUT2D eigenvalue weighted by molar-refractivity contribution is 7.86. The van der Waals surface area contributed by atoms with Crippen molar-refractivity contribution in [2.45, 2.75) is 51.4 Å². The minimum absolute atomic E-state index is 0.121. The summed E-state index contributed by atoms with van der Waals surface area (Å²) in [6, 6.07) is 10.7. The van der Waals surface area contributed by atoms with Crippen LogP contribution in [-0.2, 0) is 31.1 Å². The zero-order valence-electron chi connectivity index (χ0n) is 25.4. The van der Waals surface area contributed by atoms with Gasteiger partial charge in [0.25, 0.3) is 20.2 Å². The van der Waals surface area contributed by atoms with Crippen molar-refractivity contribution in [1.82, 2.24) is 0 Å². The summed E-state index contributed by atoms with van der Waals surface area (Å²) < 4.78 is 71.9. The summed E-state index contributed by atoms with van der Waals surface area (Å²) in [6.45, 7) is 8.50. The quantitative estimate of drug-likeness (QED) is 0.220. The smallest absolute Gasteiger partial charge is 0.336 e. The molecule has 2 aliphatic heterocycles. The molecule has 3 N–H and O–H groups in total. The van der Waals surface area contributed by atoms with Crippen LogP contribution < -0.4 is 9.64 Å². The number of nitrogens with zero attached hydrogens (tertiary/aromatic N) is 2. The Kier molecular flexibility index (Phi) is 9.19. The lowest BCUT2D eigenvalue weighted by atomic mass is 9.80. The first-order chi connectivity index (χ1) is 20.4. The van der Waals surface area contributed by atoms with Gasteiger partial charge in [0, 0.05) is 47.0 Å². The van der Waals surface area contributed by atoms with E-state index < -0.39 is 42.8 Å². The normalized spacial score (nSPS) is 18.2. The Hall–Kier alpha value is -3.52. The highest BCUT2D eigenvalue weighted by atomic mass is 32.2. The molecule has 0 aromatic heterocycles. The molecule has 0 spiro atoms. The molecule has 0 bridgehead atoms. The molecule has 0 saturated carbocycles. The maximum absolute atomic E-state index is 12.2. The van der Waals surface area contributed by atoms with E-state index in [4.69, 9.17) is 4.74 Å². The van der Waals surface area contributed by atoms with Gasteiger partial charge in [0.05, 0.1) is 35.7 Å². The predicted octanol–water partition coefficient (Wildman–Crippen LogP) is 4.56. The predicted molar refractivity (Wildman–Crippen MR) is 169 cm³/mol. The molecule has 2 aliphatic rings. The molecule has 44 heavy (non-hydrogen) atoms. The van der Waals surface area contributed by atoms with Gasteiger partial charge < -0.3 is 14.7 Å². The van der Waals surface area contributed by atoms with Crippen LogP contribution in [0.1, 0.15) is 62.0 Å². The number of rotatable bonds is 12. The van der Waals surface area contributed by atoms with Gasteiger partial charge in [-0.05, 0) is 50.6 Å². The van der Waals surface area contributed by atoms with Gasteiger partial charge in [-0.2, -0.15) is 21.4 Å². The molecule has 11 nitrogen and oxygen atoms in total. The molecule has 2 aromatic carbocycles. The summed E-state index contributed by atoms with van der Waals surface area (Å²) in [6.07, 6.45) is 5.97. The van der Waals surface area contributed by atoms with Gasteiger partial charge in [-0.15, -0.1) is 0 Å². The molecule has 0 atom stereocenters. The topological polar surface area (TPSA) is 162 Å². The Labute approximate surface area is 258 Å². The molecular weight excluding hydrogens is 608 g/mol.